The molecule has 0 spiro atoms. The van der Waals surface area contributed by atoms with E-state index < -0.39 is 12.0 Å². The fourth-order valence-corrected chi connectivity index (χ4v) is 2.73. The lowest BCUT2D eigenvalue weighted by Crippen LogP contribution is -2.36. The molecule has 0 radical (unpaired) electrons. The Morgan fingerprint density at radius 3 is 2.59 bits per heavy atom. The van der Waals surface area contributed by atoms with Gasteiger partial charge in [-0.25, -0.2) is 10.2 Å². The number of hydrogen-bond acceptors (Lipinski definition) is 5. The standard InChI is InChI=1S/C22H21N3O4/c1-25(22(28)29-15-16-7-3-2-4-8-16)14-21(27)24-23-13-19-18-10-6-5-9-17(18)11-12-20(19)26/h2-13,26H,14-15H2,1H3,(H,24,27)/b23-13+. The normalized spacial score (nSPS) is 10.8. The second-order valence-corrected chi connectivity index (χ2v) is 6.41. The number of phenols is 1. The summed E-state index contributed by atoms with van der Waals surface area (Å²) >= 11 is 0. The van der Waals surface area contributed by atoms with Crippen LogP contribution in [0, 0.1) is 0 Å². The highest BCUT2D eigenvalue weighted by Gasteiger charge is 2.14. The Labute approximate surface area is 168 Å². The molecule has 0 aliphatic rings. The molecule has 29 heavy (non-hydrogen) atoms. The van der Waals surface area contributed by atoms with Crippen molar-refractivity contribution in [3.8, 4) is 5.75 Å². The summed E-state index contributed by atoms with van der Waals surface area (Å²) in [5.41, 5.74) is 3.71. The predicted molar refractivity (Wildman–Crippen MR) is 111 cm³/mol. The maximum atomic E-state index is 12.0. The SMILES string of the molecule is CN(CC(=O)N/N=C/c1c(O)ccc2ccccc12)C(=O)OCc1ccccc1. The fraction of sp³-hybridized carbons (Fsp3) is 0.136. The molecule has 3 aromatic rings. The second-order valence-electron chi connectivity index (χ2n) is 6.41. The van der Waals surface area contributed by atoms with Gasteiger partial charge in [0.05, 0.1) is 6.21 Å². The van der Waals surface area contributed by atoms with E-state index in [0.717, 1.165) is 21.2 Å². The first-order chi connectivity index (χ1) is 14.0. The van der Waals surface area contributed by atoms with Gasteiger partial charge in [0.15, 0.2) is 0 Å². The summed E-state index contributed by atoms with van der Waals surface area (Å²) in [5.74, 6) is -0.427. The average Bonchev–Trinajstić information content (AvgIpc) is 2.74. The van der Waals surface area contributed by atoms with Gasteiger partial charge in [0.2, 0.25) is 0 Å². The molecule has 3 rings (SSSR count). The van der Waals surface area contributed by atoms with Crippen LogP contribution in [-0.4, -0.2) is 41.8 Å². The summed E-state index contributed by atoms with van der Waals surface area (Å²) in [7, 11) is 1.47. The van der Waals surface area contributed by atoms with Gasteiger partial charge in [0.25, 0.3) is 5.91 Å². The number of likely N-dealkylation sites (N-methyl/N-ethyl adjacent to an activating group) is 1. The summed E-state index contributed by atoms with van der Waals surface area (Å²) in [6.45, 7) is -0.0867. The minimum atomic E-state index is -0.611. The first-order valence-electron chi connectivity index (χ1n) is 8.99. The van der Waals surface area contributed by atoms with E-state index in [1.165, 1.54) is 13.3 Å². The van der Waals surface area contributed by atoms with Crippen LogP contribution in [0.5, 0.6) is 5.75 Å². The Bertz CT molecular complexity index is 1030. The van der Waals surface area contributed by atoms with Gasteiger partial charge in [0, 0.05) is 12.6 Å². The lowest BCUT2D eigenvalue weighted by molar-refractivity contribution is -0.121. The summed E-state index contributed by atoms with van der Waals surface area (Å²) in [5, 5.41) is 15.7. The van der Waals surface area contributed by atoms with Crippen molar-refractivity contribution in [2.45, 2.75) is 6.61 Å². The molecule has 3 aromatic carbocycles. The van der Waals surface area contributed by atoms with Gasteiger partial charge < -0.3 is 14.7 Å². The maximum Gasteiger partial charge on any atom is 0.410 e. The van der Waals surface area contributed by atoms with Crippen LogP contribution < -0.4 is 5.43 Å². The summed E-state index contributed by atoms with van der Waals surface area (Å²) in [4.78, 5) is 25.2. The molecular formula is C22H21N3O4. The van der Waals surface area contributed by atoms with Crippen LogP contribution in [0.4, 0.5) is 4.79 Å². The van der Waals surface area contributed by atoms with Crippen molar-refractivity contribution in [3.05, 3.63) is 77.9 Å². The number of nitrogens with zero attached hydrogens (tertiary/aromatic N) is 2. The van der Waals surface area contributed by atoms with Crippen molar-refractivity contribution in [1.82, 2.24) is 10.3 Å². The third kappa shape index (κ3) is 5.32. The fourth-order valence-electron chi connectivity index (χ4n) is 2.73. The number of aromatic hydroxyl groups is 1. The van der Waals surface area contributed by atoms with E-state index in [1.54, 1.807) is 12.1 Å². The molecule has 7 nitrogen and oxygen atoms in total. The third-order valence-corrected chi connectivity index (χ3v) is 4.23. The highest BCUT2D eigenvalue weighted by Crippen LogP contribution is 2.25. The summed E-state index contributed by atoms with van der Waals surface area (Å²) in [6, 6.07) is 20.2. The summed E-state index contributed by atoms with van der Waals surface area (Å²) in [6.07, 6.45) is 0.767. The zero-order valence-electron chi connectivity index (χ0n) is 15.9. The van der Waals surface area contributed by atoms with E-state index in [0.29, 0.717) is 5.56 Å². The van der Waals surface area contributed by atoms with Crippen molar-refractivity contribution in [3.63, 3.8) is 0 Å². The van der Waals surface area contributed by atoms with E-state index in [-0.39, 0.29) is 18.9 Å². The molecule has 0 atom stereocenters. The maximum absolute atomic E-state index is 12.0. The molecule has 0 fully saturated rings. The van der Waals surface area contributed by atoms with E-state index >= 15 is 0 Å². The van der Waals surface area contributed by atoms with Crippen molar-refractivity contribution < 1.29 is 19.4 Å². The molecule has 0 heterocycles. The monoisotopic (exact) mass is 391 g/mol. The van der Waals surface area contributed by atoms with Gasteiger partial charge in [-0.15, -0.1) is 0 Å². The molecule has 0 saturated carbocycles. The Balaban J connectivity index is 1.53. The van der Waals surface area contributed by atoms with Crippen molar-refractivity contribution >= 4 is 29.0 Å². The lowest BCUT2D eigenvalue weighted by Gasteiger charge is -2.15. The van der Waals surface area contributed by atoms with Gasteiger partial charge in [-0.3, -0.25) is 4.79 Å². The minimum absolute atomic E-state index is 0.0586. The van der Waals surface area contributed by atoms with Gasteiger partial charge in [0.1, 0.15) is 18.9 Å². The van der Waals surface area contributed by atoms with E-state index in [9.17, 15) is 14.7 Å². The van der Waals surface area contributed by atoms with Crippen LogP contribution in [0.25, 0.3) is 10.8 Å². The first-order valence-corrected chi connectivity index (χ1v) is 8.99. The molecule has 0 aliphatic carbocycles. The van der Waals surface area contributed by atoms with Crippen molar-refractivity contribution in [1.29, 1.82) is 0 Å². The molecule has 0 unspecified atom stereocenters. The largest absolute Gasteiger partial charge is 0.507 e. The van der Waals surface area contributed by atoms with Crippen LogP contribution in [0.1, 0.15) is 11.1 Å². The van der Waals surface area contributed by atoms with E-state index in [1.807, 2.05) is 54.6 Å². The number of carbonyl (C=O) groups excluding carboxylic acids is 2. The highest BCUT2D eigenvalue weighted by molar-refractivity contribution is 6.02. The molecule has 0 saturated heterocycles. The summed E-state index contributed by atoms with van der Waals surface area (Å²) < 4.78 is 5.16. The number of ether oxygens (including phenoxy) is 1. The van der Waals surface area contributed by atoms with Crippen molar-refractivity contribution in [2.24, 2.45) is 5.10 Å². The zero-order chi connectivity index (χ0) is 20.6. The quantitative estimate of drug-likeness (QED) is 0.498. The van der Waals surface area contributed by atoms with Crippen LogP contribution in [0.2, 0.25) is 0 Å². The second kappa shape index (κ2) is 9.36. The van der Waals surface area contributed by atoms with Gasteiger partial charge >= 0.3 is 6.09 Å². The number of hydrazone groups is 1. The van der Waals surface area contributed by atoms with Gasteiger partial charge in [-0.1, -0.05) is 60.7 Å². The zero-order valence-corrected chi connectivity index (χ0v) is 15.9. The highest BCUT2D eigenvalue weighted by atomic mass is 16.6. The number of rotatable bonds is 6. The number of phenolic OH excluding ortho intramolecular Hbond substituents is 1. The minimum Gasteiger partial charge on any atom is -0.507 e. The Hall–Kier alpha value is -3.87. The molecule has 0 aromatic heterocycles. The Kier molecular flexibility index (Phi) is 6.42. The van der Waals surface area contributed by atoms with Crippen LogP contribution in [0.15, 0.2) is 71.8 Å². The molecule has 0 bridgehead atoms. The topological polar surface area (TPSA) is 91.2 Å². The molecule has 2 amide bonds. The van der Waals surface area contributed by atoms with Crippen LogP contribution >= 0.6 is 0 Å². The number of nitrogens with one attached hydrogen (secondary N) is 1. The number of fused-ring (bicyclic) bond motifs is 1. The van der Waals surface area contributed by atoms with Crippen molar-refractivity contribution in [2.75, 3.05) is 13.6 Å². The molecular weight excluding hydrogens is 370 g/mol. The number of benzene rings is 3. The number of carbonyl (C=O) groups is 2. The average molecular weight is 391 g/mol. The predicted octanol–water partition coefficient (Wildman–Crippen LogP) is 3.26. The Morgan fingerprint density at radius 2 is 1.79 bits per heavy atom. The lowest BCUT2D eigenvalue weighted by atomic mass is 10.0. The van der Waals surface area contributed by atoms with Gasteiger partial charge in [-0.2, -0.15) is 5.10 Å². The van der Waals surface area contributed by atoms with Gasteiger partial charge in [-0.05, 0) is 22.4 Å². The first kappa shape index (κ1) is 19.9. The number of hydrogen-bond donors (Lipinski definition) is 2. The number of amides is 2. The molecule has 148 valence electrons. The van der Waals surface area contributed by atoms with E-state index in [2.05, 4.69) is 10.5 Å². The molecule has 0 aliphatic heterocycles. The smallest absolute Gasteiger partial charge is 0.410 e. The van der Waals surface area contributed by atoms with E-state index in [4.69, 9.17) is 4.74 Å². The third-order valence-electron chi connectivity index (χ3n) is 4.23. The molecule has 2 N–H and O–H groups in total. The van der Waals surface area contributed by atoms with Crippen LogP contribution in [0.3, 0.4) is 0 Å². The Morgan fingerprint density at radius 1 is 1.07 bits per heavy atom. The molecule has 7 heteroatoms. The van der Waals surface area contributed by atoms with Crippen LogP contribution in [-0.2, 0) is 16.1 Å².